The quantitative estimate of drug-likeness (QED) is 0.831. The first kappa shape index (κ1) is 11.3. The number of anilines is 1. The molecule has 0 spiro atoms. The second-order valence-electron chi connectivity index (χ2n) is 4.03. The molecule has 16 heavy (non-hydrogen) atoms. The Labute approximate surface area is 94.3 Å². The van der Waals surface area contributed by atoms with Crippen molar-refractivity contribution in [3.8, 4) is 0 Å². The molecule has 1 aliphatic heterocycles. The van der Waals surface area contributed by atoms with Crippen molar-refractivity contribution in [3.05, 3.63) is 29.8 Å². The highest BCUT2D eigenvalue weighted by molar-refractivity contribution is 5.50. The van der Waals surface area contributed by atoms with Crippen LogP contribution in [-0.2, 0) is 0 Å². The third-order valence-electron chi connectivity index (χ3n) is 3.05. The zero-order valence-corrected chi connectivity index (χ0v) is 9.34. The number of piperazine rings is 1. The van der Waals surface area contributed by atoms with Gasteiger partial charge in [-0.05, 0) is 18.6 Å². The number of hydrogen-bond donors (Lipinski definition) is 1. The number of rotatable bonds is 2. The highest BCUT2D eigenvalue weighted by atomic mass is 19.1. The van der Waals surface area contributed by atoms with Crippen molar-refractivity contribution < 1.29 is 8.78 Å². The van der Waals surface area contributed by atoms with E-state index in [1.54, 1.807) is 0 Å². The monoisotopic (exact) mass is 226 g/mol. The van der Waals surface area contributed by atoms with Crippen molar-refractivity contribution in [2.45, 2.75) is 19.4 Å². The summed E-state index contributed by atoms with van der Waals surface area (Å²) >= 11 is 0. The van der Waals surface area contributed by atoms with E-state index in [4.69, 9.17) is 0 Å². The number of hydrogen-bond acceptors (Lipinski definition) is 2. The number of benzene rings is 1. The van der Waals surface area contributed by atoms with Crippen LogP contribution in [0.5, 0.6) is 0 Å². The predicted octanol–water partition coefficient (Wildman–Crippen LogP) is 2.15. The second kappa shape index (κ2) is 4.78. The Balaban J connectivity index is 2.34. The minimum Gasteiger partial charge on any atom is -0.361 e. The van der Waals surface area contributed by atoms with Crippen molar-refractivity contribution in [1.29, 1.82) is 0 Å². The summed E-state index contributed by atoms with van der Waals surface area (Å²) in [7, 11) is 0. The van der Waals surface area contributed by atoms with E-state index in [2.05, 4.69) is 5.32 Å². The normalized spacial score (nSPS) is 21.2. The maximum Gasteiger partial charge on any atom is 0.149 e. The fourth-order valence-corrected chi connectivity index (χ4v) is 2.18. The molecule has 0 bridgehead atoms. The Morgan fingerprint density at radius 2 is 2.06 bits per heavy atom. The van der Waals surface area contributed by atoms with Crippen molar-refractivity contribution in [2.75, 3.05) is 24.5 Å². The van der Waals surface area contributed by atoms with Gasteiger partial charge in [0.15, 0.2) is 0 Å². The van der Waals surface area contributed by atoms with Crippen LogP contribution < -0.4 is 10.2 Å². The minimum atomic E-state index is -0.472. The first-order chi connectivity index (χ1) is 7.74. The second-order valence-corrected chi connectivity index (χ2v) is 4.03. The van der Waals surface area contributed by atoms with Gasteiger partial charge in [-0.15, -0.1) is 0 Å². The minimum absolute atomic E-state index is 0.121. The van der Waals surface area contributed by atoms with Crippen LogP contribution in [0.3, 0.4) is 0 Å². The smallest absolute Gasteiger partial charge is 0.149 e. The molecule has 1 heterocycles. The van der Waals surface area contributed by atoms with E-state index in [1.165, 1.54) is 18.2 Å². The highest BCUT2D eigenvalue weighted by Gasteiger charge is 2.25. The number of halogens is 2. The van der Waals surface area contributed by atoms with Gasteiger partial charge in [-0.25, -0.2) is 8.78 Å². The maximum absolute atomic E-state index is 13.6. The van der Waals surface area contributed by atoms with E-state index in [-0.39, 0.29) is 11.7 Å². The Kier molecular flexibility index (Phi) is 3.39. The van der Waals surface area contributed by atoms with Gasteiger partial charge in [0.05, 0.1) is 0 Å². The zero-order valence-electron chi connectivity index (χ0n) is 9.34. The average molecular weight is 226 g/mol. The molecule has 2 nitrogen and oxygen atoms in total. The molecule has 0 aromatic heterocycles. The lowest BCUT2D eigenvalue weighted by Crippen LogP contribution is -2.51. The molecular weight excluding hydrogens is 210 g/mol. The maximum atomic E-state index is 13.6. The lowest BCUT2D eigenvalue weighted by molar-refractivity contribution is 0.449. The van der Waals surface area contributed by atoms with Crippen molar-refractivity contribution in [1.82, 2.24) is 5.32 Å². The molecule has 4 heteroatoms. The van der Waals surface area contributed by atoms with E-state index in [9.17, 15) is 8.78 Å². The van der Waals surface area contributed by atoms with Crippen molar-refractivity contribution in [2.24, 2.45) is 0 Å². The average Bonchev–Trinajstić information content (AvgIpc) is 2.29. The van der Waals surface area contributed by atoms with E-state index in [0.717, 1.165) is 19.5 Å². The molecule has 1 unspecified atom stereocenters. The standard InChI is InChI=1S/C12H16F2N2/c1-2-9-8-15-6-7-16(9)12-10(13)4-3-5-11(12)14/h3-5,9,15H,2,6-8H2,1H3. The first-order valence-corrected chi connectivity index (χ1v) is 5.65. The van der Waals surface area contributed by atoms with E-state index >= 15 is 0 Å². The van der Waals surface area contributed by atoms with Crippen LogP contribution in [0.25, 0.3) is 0 Å². The molecule has 0 aliphatic carbocycles. The Morgan fingerprint density at radius 3 is 2.69 bits per heavy atom. The summed E-state index contributed by atoms with van der Waals surface area (Å²) in [5.74, 6) is -0.944. The molecule has 1 atom stereocenters. The van der Waals surface area contributed by atoms with Gasteiger partial charge in [0.2, 0.25) is 0 Å². The summed E-state index contributed by atoms with van der Waals surface area (Å²) in [4.78, 5) is 1.83. The molecule has 1 aliphatic rings. The summed E-state index contributed by atoms with van der Waals surface area (Å²) < 4.78 is 27.3. The largest absolute Gasteiger partial charge is 0.361 e. The molecule has 0 amide bonds. The number of para-hydroxylation sites is 1. The Bertz CT molecular complexity index is 348. The predicted molar refractivity (Wildman–Crippen MR) is 60.7 cm³/mol. The third kappa shape index (κ3) is 2.02. The molecule has 2 rings (SSSR count). The summed E-state index contributed by atoms with van der Waals surface area (Å²) in [6.45, 7) is 4.23. The molecule has 1 fully saturated rings. The van der Waals surface area contributed by atoms with Crippen LogP contribution in [0.15, 0.2) is 18.2 Å². The van der Waals surface area contributed by atoms with Crippen molar-refractivity contribution >= 4 is 5.69 Å². The fraction of sp³-hybridized carbons (Fsp3) is 0.500. The molecule has 1 aromatic carbocycles. The molecule has 1 saturated heterocycles. The van der Waals surface area contributed by atoms with Crippen molar-refractivity contribution in [3.63, 3.8) is 0 Å². The van der Waals surface area contributed by atoms with E-state index in [1.807, 2.05) is 11.8 Å². The number of nitrogens with zero attached hydrogens (tertiary/aromatic N) is 1. The van der Waals surface area contributed by atoms with E-state index in [0.29, 0.717) is 6.54 Å². The SMILES string of the molecule is CCC1CNCCN1c1c(F)cccc1F. The lowest BCUT2D eigenvalue weighted by atomic mass is 10.1. The summed E-state index contributed by atoms with van der Waals surface area (Å²) in [6, 6.07) is 4.19. The summed E-state index contributed by atoms with van der Waals surface area (Å²) in [5, 5.41) is 3.24. The number of nitrogens with one attached hydrogen (secondary N) is 1. The van der Waals surface area contributed by atoms with Crippen LogP contribution in [0.1, 0.15) is 13.3 Å². The van der Waals surface area contributed by atoms with Gasteiger partial charge in [0, 0.05) is 25.7 Å². The fourth-order valence-electron chi connectivity index (χ4n) is 2.18. The van der Waals surface area contributed by atoms with Crippen LogP contribution in [0.4, 0.5) is 14.5 Å². The Morgan fingerprint density at radius 1 is 1.38 bits per heavy atom. The molecule has 1 aromatic rings. The van der Waals surface area contributed by atoms with E-state index < -0.39 is 11.6 Å². The van der Waals surface area contributed by atoms with Gasteiger partial charge in [-0.2, -0.15) is 0 Å². The molecule has 88 valence electrons. The van der Waals surface area contributed by atoms with Crippen LogP contribution >= 0.6 is 0 Å². The van der Waals surface area contributed by atoms with Gasteiger partial charge in [-0.3, -0.25) is 0 Å². The van der Waals surface area contributed by atoms with Crippen LogP contribution in [-0.4, -0.2) is 25.7 Å². The van der Waals surface area contributed by atoms with Crippen LogP contribution in [0.2, 0.25) is 0 Å². The van der Waals surface area contributed by atoms with Gasteiger partial charge in [0.25, 0.3) is 0 Å². The lowest BCUT2D eigenvalue weighted by Gasteiger charge is -2.37. The zero-order chi connectivity index (χ0) is 11.5. The molecule has 1 N–H and O–H groups in total. The third-order valence-corrected chi connectivity index (χ3v) is 3.05. The summed E-state index contributed by atoms with van der Waals surface area (Å²) in [5.41, 5.74) is 0.121. The first-order valence-electron chi connectivity index (χ1n) is 5.65. The molecule has 0 saturated carbocycles. The Hall–Kier alpha value is -1.16. The van der Waals surface area contributed by atoms with Gasteiger partial charge in [0.1, 0.15) is 17.3 Å². The van der Waals surface area contributed by atoms with Gasteiger partial charge in [-0.1, -0.05) is 13.0 Å². The molecule has 0 radical (unpaired) electrons. The van der Waals surface area contributed by atoms with Crippen LogP contribution in [0, 0.1) is 11.6 Å². The molecular formula is C12H16F2N2. The highest BCUT2D eigenvalue weighted by Crippen LogP contribution is 2.26. The van der Waals surface area contributed by atoms with Gasteiger partial charge >= 0.3 is 0 Å². The van der Waals surface area contributed by atoms with Gasteiger partial charge < -0.3 is 10.2 Å². The topological polar surface area (TPSA) is 15.3 Å². The summed E-state index contributed by atoms with van der Waals surface area (Å²) in [6.07, 6.45) is 0.876.